The van der Waals surface area contributed by atoms with Gasteiger partial charge in [-0.2, -0.15) is 5.26 Å². The van der Waals surface area contributed by atoms with Crippen molar-refractivity contribution >= 4 is 22.7 Å². The molecule has 2 atom stereocenters. The number of anilines is 1. The number of benzene rings is 1. The molecule has 0 unspecified atom stereocenters. The fraction of sp³-hybridized carbons (Fsp3) is 0.500. The summed E-state index contributed by atoms with van der Waals surface area (Å²) in [7, 11) is 1.41. The van der Waals surface area contributed by atoms with Gasteiger partial charge in [-0.05, 0) is 38.3 Å². The molecule has 1 aromatic carbocycles. The second kappa shape index (κ2) is 7.49. The van der Waals surface area contributed by atoms with Gasteiger partial charge >= 0.3 is 5.97 Å². The third-order valence-electron chi connectivity index (χ3n) is 4.99. The van der Waals surface area contributed by atoms with E-state index < -0.39 is 5.54 Å². The third-order valence-corrected chi connectivity index (χ3v) is 4.99. The third kappa shape index (κ3) is 3.86. The van der Waals surface area contributed by atoms with Crippen LogP contribution in [-0.2, 0) is 9.53 Å². The topological polar surface area (TPSA) is 91.1 Å². The largest absolute Gasteiger partial charge is 0.468 e. The Morgan fingerprint density at radius 1 is 1.30 bits per heavy atom. The van der Waals surface area contributed by atoms with Crippen LogP contribution in [0, 0.1) is 17.2 Å². The zero-order chi connectivity index (χ0) is 19.6. The standard InChI is InChI=1S/C20H25N5O2/c1-13-9-15(24-20(2,3)19(26)27-4)12-25(11-13)16-6-5-14(10-21)17-18(16)23-8-7-22-17/h5-8,13,15,24H,9,11-12H2,1-4H3/t13-,15-/m1/s1. The Bertz CT molecular complexity index is 890. The number of methoxy groups -OCH3 is 1. The number of nitrogens with one attached hydrogen (secondary N) is 1. The molecule has 3 rings (SSSR count). The van der Waals surface area contributed by atoms with Crippen LogP contribution in [-0.4, -0.2) is 47.7 Å². The lowest BCUT2D eigenvalue weighted by molar-refractivity contribution is -0.147. The van der Waals surface area contributed by atoms with E-state index in [9.17, 15) is 10.1 Å². The molecule has 7 nitrogen and oxygen atoms in total. The van der Waals surface area contributed by atoms with Gasteiger partial charge in [-0.3, -0.25) is 20.1 Å². The molecule has 27 heavy (non-hydrogen) atoms. The molecule has 0 bridgehead atoms. The molecule has 1 aliphatic rings. The van der Waals surface area contributed by atoms with Crippen LogP contribution in [0.3, 0.4) is 0 Å². The number of hydrogen-bond acceptors (Lipinski definition) is 7. The molecule has 1 N–H and O–H groups in total. The molecule has 0 saturated carbocycles. The smallest absolute Gasteiger partial charge is 0.325 e. The maximum Gasteiger partial charge on any atom is 0.325 e. The highest BCUT2D eigenvalue weighted by molar-refractivity contribution is 5.92. The zero-order valence-electron chi connectivity index (χ0n) is 16.2. The summed E-state index contributed by atoms with van der Waals surface area (Å²) in [6.45, 7) is 7.50. The molecular formula is C20H25N5O2. The van der Waals surface area contributed by atoms with Crippen LogP contribution in [0.25, 0.3) is 11.0 Å². The van der Waals surface area contributed by atoms with Crippen LogP contribution in [0.4, 0.5) is 5.69 Å². The summed E-state index contributed by atoms with van der Waals surface area (Å²) in [5.41, 5.74) is 2.08. The van der Waals surface area contributed by atoms with E-state index in [0.717, 1.165) is 30.7 Å². The number of hydrogen-bond donors (Lipinski definition) is 1. The lowest BCUT2D eigenvalue weighted by Gasteiger charge is -2.41. The summed E-state index contributed by atoms with van der Waals surface area (Å²) in [5.74, 6) is 0.161. The number of carbonyl (C=O) groups is 1. The average molecular weight is 367 g/mol. The normalized spacial score (nSPS) is 20.3. The number of ether oxygens (including phenoxy) is 1. The van der Waals surface area contributed by atoms with E-state index in [1.807, 2.05) is 19.9 Å². The highest BCUT2D eigenvalue weighted by atomic mass is 16.5. The van der Waals surface area contributed by atoms with Crippen LogP contribution >= 0.6 is 0 Å². The molecule has 2 aromatic rings. The number of nitriles is 1. The van der Waals surface area contributed by atoms with E-state index >= 15 is 0 Å². The van der Waals surface area contributed by atoms with Crippen molar-refractivity contribution < 1.29 is 9.53 Å². The van der Waals surface area contributed by atoms with Gasteiger partial charge < -0.3 is 9.64 Å². The van der Waals surface area contributed by atoms with Crippen molar-refractivity contribution in [1.29, 1.82) is 5.26 Å². The van der Waals surface area contributed by atoms with Crippen molar-refractivity contribution in [1.82, 2.24) is 15.3 Å². The van der Waals surface area contributed by atoms with Crippen LogP contribution in [0.1, 0.15) is 32.8 Å². The van der Waals surface area contributed by atoms with Crippen LogP contribution in [0.5, 0.6) is 0 Å². The number of rotatable bonds is 4. The summed E-state index contributed by atoms with van der Waals surface area (Å²) in [4.78, 5) is 23.1. The lowest BCUT2D eigenvalue weighted by atomic mass is 9.92. The Balaban J connectivity index is 1.91. The molecule has 1 saturated heterocycles. The van der Waals surface area contributed by atoms with Crippen LogP contribution < -0.4 is 10.2 Å². The molecule has 1 aliphatic heterocycles. The molecular weight excluding hydrogens is 342 g/mol. The van der Waals surface area contributed by atoms with Crippen molar-refractivity contribution in [3.63, 3.8) is 0 Å². The lowest BCUT2D eigenvalue weighted by Crippen LogP contribution is -2.58. The van der Waals surface area contributed by atoms with Crippen molar-refractivity contribution in [2.24, 2.45) is 5.92 Å². The van der Waals surface area contributed by atoms with E-state index in [1.165, 1.54) is 7.11 Å². The number of carbonyl (C=O) groups excluding carboxylic acids is 1. The maximum absolute atomic E-state index is 12.0. The monoisotopic (exact) mass is 367 g/mol. The molecule has 0 aliphatic carbocycles. The average Bonchev–Trinajstić information content (AvgIpc) is 2.65. The van der Waals surface area contributed by atoms with Gasteiger partial charge in [0.1, 0.15) is 22.6 Å². The first kappa shape index (κ1) is 19.1. The Morgan fingerprint density at radius 3 is 2.67 bits per heavy atom. The van der Waals surface area contributed by atoms with Gasteiger partial charge in [-0.25, -0.2) is 0 Å². The highest BCUT2D eigenvalue weighted by Gasteiger charge is 2.34. The van der Waals surface area contributed by atoms with Gasteiger partial charge in [0.05, 0.1) is 18.4 Å². The van der Waals surface area contributed by atoms with Crippen molar-refractivity contribution in [2.75, 3.05) is 25.1 Å². The summed E-state index contributed by atoms with van der Waals surface area (Å²) in [6, 6.07) is 6.05. The van der Waals surface area contributed by atoms with E-state index in [4.69, 9.17) is 4.74 Å². The molecule has 0 radical (unpaired) electrons. The van der Waals surface area contributed by atoms with Crippen molar-refractivity contribution in [3.05, 3.63) is 30.1 Å². The second-order valence-electron chi connectivity index (χ2n) is 7.70. The second-order valence-corrected chi connectivity index (χ2v) is 7.70. The molecule has 7 heteroatoms. The van der Waals surface area contributed by atoms with Crippen LogP contribution in [0.2, 0.25) is 0 Å². The molecule has 0 amide bonds. The zero-order valence-corrected chi connectivity index (χ0v) is 16.2. The Morgan fingerprint density at radius 2 is 2.00 bits per heavy atom. The minimum Gasteiger partial charge on any atom is -0.468 e. The molecule has 142 valence electrons. The SMILES string of the molecule is COC(=O)C(C)(C)N[C@@H]1C[C@@H](C)CN(c2ccc(C#N)c3nccnc23)C1. The van der Waals surface area contributed by atoms with Gasteiger partial charge in [0.2, 0.25) is 0 Å². The summed E-state index contributed by atoms with van der Waals surface area (Å²) in [5, 5.41) is 12.8. The van der Waals surface area contributed by atoms with E-state index in [0.29, 0.717) is 17.0 Å². The fourth-order valence-corrected chi connectivity index (χ4v) is 3.87. The van der Waals surface area contributed by atoms with Gasteiger partial charge in [0.25, 0.3) is 0 Å². The van der Waals surface area contributed by atoms with E-state index in [1.54, 1.807) is 18.5 Å². The first-order chi connectivity index (χ1) is 12.9. The number of fused-ring (bicyclic) bond motifs is 1. The van der Waals surface area contributed by atoms with E-state index in [-0.39, 0.29) is 12.0 Å². The van der Waals surface area contributed by atoms with Gasteiger partial charge in [-0.1, -0.05) is 6.92 Å². The van der Waals surface area contributed by atoms with Crippen molar-refractivity contribution in [2.45, 2.75) is 38.8 Å². The van der Waals surface area contributed by atoms with E-state index in [2.05, 4.69) is 33.2 Å². The molecule has 1 aromatic heterocycles. The minimum atomic E-state index is -0.755. The number of piperidine rings is 1. The number of nitrogens with zero attached hydrogens (tertiary/aromatic N) is 4. The number of aromatic nitrogens is 2. The summed E-state index contributed by atoms with van der Waals surface area (Å²) in [6.07, 6.45) is 4.22. The van der Waals surface area contributed by atoms with Gasteiger partial charge in [0, 0.05) is 31.5 Å². The first-order valence-electron chi connectivity index (χ1n) is 9.10. The number of esters is 1. The summed E-state index contributed by atoms with van der Waals surface area (Å²) < 4.78 is 4.91. The van der Waals surface area contributed by atoms with Gasteiger partial charge in [0.15, 0.2) is 0 Å². The fourth-order valence-electron chi connectivity index (χ4n) is 3.87. The maximum atomic E-state index is 12.0. The minimum absolute atomic E-state index is 0.130. The summed E-state index contributed by atoms with van der Waals surface area (Å²) >= 11 is 0. The first-order valence-corrected chi connectivity index (χ1v) is 9.10. The highest BCUT2D eigenvalue weighted by Crippen LogP contribution is 2.30. The molecule has 1 fully saturated rings. The van der Waals surface area contributed by atoms with Gasteiger partial charge in [-0.15, -0.1) is 0 Å². The van der Waals surface area contributed by atoms with Crippen LogP contribution in [0.15, 0.2) is 24.5 Å². The van der Waals surface area contributed by atoms with Crippen molar-refractivity contribution in [3.8, 4) is 6.07 Å². The Hall–Kier alpha value is -2.72. The predicted molar refractivity (Wildman–Crippen MR) is 103 cm³/mol. The Labute approximate surface area is 159 Å². The Kier molecular flexibility index (Phi) is 5.29. The molecule has 0 spiro atoms. The molecule has 2 heterocycles. The predicted octanol–water partition coefficient (Wildman–Crippen LogP) is 2.26. The quantitative estimate of drug-likeness (QED) is 0.829.